The molecule has 5 nitrogen and oxygen atoms in total. The number of benzene rings is 3. The number of urea groups is 1. The van der Waals surface area contributed by atoms with Crippen molar-refractivity contribution in [1.82, 2.24) is 5.43 Å². The van der Waals surface area contributed by atoms with E-state index in [2.05, 4.69) is 31.8 Å². The molecule has 2 amide bonds. The quantitative estimate of drug-likeness (QED) is 0.395. The van der Waals surface area contributed by atoms with Crippen LogP contribution < -0.4 is 15.5 Å². The van der Waals surface area contributed by atoms with E-state index in [0.29, 0.717) is 12.3 Å². The van der Waals surface area contributed by atoms with Crippen LogP contribution in [0.2, 0.25) is 0 Å². The molecule has 2 N–H and O–H groups in total. The Balaban J connectivity index is 1.47. The number of halogens is 1. The Morgan fingerprint density at radius 2 is 1.82 bits per heavy atom. The molecule has 6 heteroatoms. The van der Waals surface area contributed by atoms with Crippen molar-refractivity contribution in [2.45, 2.75) is 13.5 Å². The maximum atomic E-state index is 11.9. The van der Waals surface area contributed by atoms with E-state index in [4.69, 9.17) is 4.74 Å². The Hall–Kier alpha value is -3.12. The monoisotopic (exact) mass is 437 g/mol. The lowest BCUT2D eigenvalue weighted by Gasteiger charge is -2.07. The third kappa shape index (κ3) is 5.96. The first-order chi connectivity index (χ1) is 13.6. The van der Waals surface area contributed by atoms with E-state index in [1.54, 1.807) is 6.21 Å². The normalized spacial score (nSPS) is 10.6. The molecule has 0 fully saturated rings. The van der Waals surface area contributed by atoms with E-state index in [-0.39, 0.29) is 0 Å². The summed E-state index contributed by atoms with van der Waals surface area (Å²) in [5.41, 5.74) is 6.16. The van der Waals surface area contributed by atoms with Crippen molar-refractivity contribution < 1.29 is 9.53 Å². The second-order valence-electron chi connectivity index (χ2n) is 6.13. The zero-order valence-electron chi connectivity index (χ0n) is 15.4. The van der Waals surface area contributed by atoms with Crippen LogP contribution in [0.25, 0.3) is 0 Å². The summed E-state index contributed by atoms with van der Waals surface area (Å²) < 4.78 is 6.74. The molecule has 3 rings (SSSR count). The molecular weight excluding hydrogens is 418 g/mol. The molecule has 3 aromatic carbocycles. The average Bonchev–Trinajstić information content (AvgIpc) is 2.71. The van der Waals surface area contributed by atoms with Crippen LogP contribution in [0, 0.1) is 6.92 Å². The highest BCUT2D eigenvalue weighted by Crippen LogP contribution is 2.19. The van der Waals surface area contributed by atoms with Crippen LogP contribution in [0.4, 0.5) is 10.5 Å². The summed E-state index contributed by atoms with van der Waals surface area (Å²) in [6.07, 6.45) is 1.58. The van der Waals surface area contributed by atoms with Gasteiger partial charge >= 0.3 is 6.03 Å². The van der Waals surface area contributed by atoms with Gasteiger partial charge in [-0.1, -0.05) is 46.3 Å². The topological polar surface area (TPSA) is 62.7 Å². The first kappa shape index (κ1) is 19.6. The van der Waals surface area contributed by atoms with Crippen LogP contribution in [0.15, 0.2) is 82.4 Å². The lowest BCUT2D eigenvalue weighted by Crippen LogP contribution is -2.24. The lowest BCUT2D eigenvalue weighted by atomic mass is 10.2. The minimum Gasteiger partial charge on any atom is -0.489 e. The number of nitrogens with one attached hydrogen (secondary N) is 2. The summed E-state index contributed by atoms with van der Waals surface area (Å²) in [6, 6.07) is 22.7. The fourth-order valence-electron chi connectivity index (χ4n) is 2.44. The van der Waals surface area contributed by atoms with Crippen molar-refractivity contribution in [3.63, 3.8) is 0 Å². The number of carbonyl (C=O) groups is 1. The van der Waals surface area contributed by atoms with Gasteiger partial charge in [-0.2, -0.15) is 5.10 Å². The van der Waals surface area contributed by atoms with Crippen LogP contribution in [-0.4, -0.2) is 12.2 Å². The minimum atomic E-state index is -0.402. The van der Waals surface area contributed by atoms with Crippen molar-refractivity contribution in [2.75, 3.05) is 5.32 Å². The highest BCUT2D eigenvalue weighted by Gasteiger charge is 2.02. The molecule has 0 saturated heterocycles. The van der Waals surface area contributed by atoms with E-state index in [0.717, 1.165) is 26.9 Å². The SMILES string of the molecule is Cc1cc(NC(=O)N/N=C/c2ccc(OCc3ccccc3)cc2)ccc1Br. The smallest absolute Gasteiger partial charge is 0.339 e. The molecular formula is C22H20BrN3O2. The predicted octanol–water partition coefficient (Wildman–Crippen LogP) is 5.49. The number of hydrazone groups is 1. The molecule has 0 aliphatic heterocycles. The first-order valence-electron chi connectivity index (χ1n) is 8.73. The van der Waals surface area contributed by atoms with E-state index in [1.165, 1.54) is 0 Å². The van der Waals surface area contributed by atoms with Crippen LogP contribution in [-0.2, 0) is 6.61 Å². The van der Waals surface area contributed by atoms with Gasteiger partial charge in [0.05, 0.1) is 6.21 Å². The zero-order valence-corrected chi connectivity index (χ0v) is 16.9. The highest BCUT2D eigenvalue weighted by atomic mass is 79.9. The van der Waals surface area contributed by atoms with Gasteiger partial charge in [-0.15, -0.1) is 0 Å². The fraction of sp³-hybridized carbons (Fsp3) is 0.0909. The van der Waals surface area contributed by atoms with Gasteiger partial charge in [0.15, 0.2) is 0 Å². The maximum Gasteiger partial charge on any atom is 0.339 e. The second-order valence-corrected chi connectivity index (χ2v) is 6.99. The summed E-state index contributed by atoms with van der Waals surface area (Å²) in [5, 5.41) is 6.70. The molecule has 0 spiro atoms. The molecule has 0 aromatic heterocycles. The molecule has 0 bridgehead atoms. The largest absolute Gasteiger partial charge is 0.489 e. The van der Waals surface area contributed by atoms with Gasteiger partial charge in [0.1, 0.15) is 12.4 Å². The van der Waals surface area contributed by atoms with Crippen molar-refractivity contribution in [3.8, 4) is 5.75 Å². The molecule has 0 saturated carbocycles. The number of ether oxygens (including phenoxy) is 1. The van der Waals surface area contributed by atoms with Crippen molar-refractivity contribution in [2.24, 2.45) is 5.10 Å². The van der Waals surface area contributed by atoms with Crippen molar-refractivity contribution >= 4 is 33.9 Å². The van der Waals surface area contributed by atoms with Crippen molar-refractivity contribution in [3.05, 3.63) is 94.0 Å². The van der Waals surface area contributed by atoms with Gasteiger partial charge in [-0.25, -0.2) is 10.2 Å². The summed E-state index contributed by atoms with van der Waals surface area (Å²) in [6.45, 7) is 2.48. The number of nitrogens with zero attached hydrogens (tertiary/aromatic N) is 1. The number of amides is 2. The summed E-state index contributed by atoms with van der Waals surface area (Å²) in [5.74, 6) is 0.775. The highest BCUT2D eigenvalue weighted by molar-refractivity contribution is 9.10. The number of anilines is 1. The van der Waals surface area contributed by atoms with Crippen LogP contribution in [0.5, 0.6) is 5.75 Å². The number of hydrogen-bond donors (Lipinski definition) is 2. The van der Waals surface area contributed by atoms with Crippen molar-refractivity contribution in [1.29, 1.82) is 0 Å². The second kappa shape index (κ2) is 9.71. The van der Waals surface area contributed by atoms with Gasteiger partial charge in [-0.05, 0) is 66.1 Å². The third-order valence-electron chi connectivity index (χ3n) is 3.92. The van der Waals surface area contributed by atoms with E-state index in [1.807, 2.05) is 79.7 Å². The Morgan fingerprint density at radius 1 is 1.07 bits per heavy atom. The number of aryl methyl sites for hydroxylation is 1. The molecule has 0 atom stereocenters. The maximum absolute atomic E-state index is 11.9. The summed E-state index contributed by atoms with van der Waals surface area (Å²) >= 11 is 3.43. The first-order valence-corrected chi connectivity index (χ1v) is 9.52. The fourth-order valence-corrected chi connectivity index (χ4v) is 2.68. The molecule has 28 heavy (non-hydrogen) atoms. The molecule has 0 unspecified atom stereocenters. The Bertz CT molecular complexity index is 957. The number of rotatable bonds is 6. The Kier molecular flexibility index (Phi) is 6.81. The summed E-state index contributed by atoms with van der Waals surface area (Å²) in [4.78, 5) is 11.9. The molecule has 0 aliphatic carbocycles. The van der Waals surface area contributed by atoms with Gasteiger partial charge < -0.3 is 10.1 Å². The van der Waals surface area contributed by atoms with Gasteiger partial charge in [0, 0.05) is 10.2 Å². The molecule has 142 valence electrons. The molecule has 0 aliphatic rings. The van der Waals surface area contributed by atoms with Gasteiger partial charge in [0.2, 0.25) is 0 Å². The predicted molar refractivity (Wildman–Crippen MR) is 116 cm³/mol. The van der Waals surface area contributed by atoms with Gasteiger partial charge in [-0.3, -0.25) is 0 Å². The van der Waals surface area contributed by atoms with Crippen LogP contribution >= 0.6 is 15.9 Å². The molecule has 3 aromatic rings. The van der Waals surface area contributed by atoms with Crippen LogP contribution in [0.1, 0.15) is 16.7 Å². The Morgan fingerprint density at radius 3 is 2.54 bits per heavy atom. The Labute approximate surface area is 172 Å². The van der Waals surface area contributed by atoms with Crippen LogP contribution in [0.3, 0.4) is 0 Å². The number of carbonyl (C=O) groups excluding carboxylic acids is 1. The number of hydrogen-bond acceptors (Lipinski definition) is 3. The third-order valence-corrected chi connectivity index (χ3v) is 4.81. The van der Waals surface area contributed by atoms with E-state index >= 15 is 0 Å². The van der Waals surface area contributed by atoms with E-state index in [9.17, 15) is 4.79 Å². The molecule has 0 radical (unpaired) electrons. The van der Waals surface area contributed by atoms with Gasteiger partial charge in [0.25, 0.3) is 0 Å². The standard InChI is InChI=1S/C22H20BrN3O2/c1-16-13-19(9-12-21(16)23)25-22(27)26-24-14-17-7-10-20(11-8-17)28-15-18-5-3-2-4-6-18/h2-14H,15H2,1H3,(H2,25,26,27)/b24-14+. The van der Waals surface area contributed by atoms with E-state index < -0.39 is 6.03 Å². The molecule has 0 heterocycles. The average molecular weight is 438 g/mol. The zero-order chi connectivity index (χ0) is 19.8. The lowest BCUT2D eigenvalue weighted by molar-refractivity contribution is 0.252. The summed E-state index contributed by atoms with van der Waals surface area (Å²) in [7, 11) is 0. The minimum absolute atomic E-state index is 0.402.